The third-order valence-corrected chi connectivity index (χ3v) is 13.8. The lowest BCUT2D eigenvalue weighted by molar-refractivity contribution is -0.145. The number of hydrogen-bond acceptors (Lipinski definition) is 6. The minimum absolute atomic E-state index is 0.142. The molecule has 0 saturated heterocycles. The number of ether oxygens (including phenoxy) is 1. The van der Waals surface area contributed by atoms with Crippen molar-refractivity contribution in [2.45, 2.75) is 51.3 Å². The van der Waals surface area contributed by atoms with Crippen molar-refractivity contribution in [1.82, 2.24) is 4.57 Å². The fourth-order valence-electron chi connectivity index (χ4n) is 2.13. The van der Waals surface area contributed by atoms with Gasteiger partial charge in [-0.2, -0.15) is 0 Å². The van der Waals surface area contributed by atoms with E-state index in [0.29, 0.717) is 10.5 Å². The molecule has 0 bridgehead atoms. The van der Waals surface area contributed by atoms with E-state index in [2.05, 4.69) is 27.7 Å². The quantitative estimate of drug-likeness (QED) is 0.355. The van der Waals surface area contributed by atoms with Crippen LogP contribution in [0.5, 0.6) is 0 Å². The van der Waals surface area contributed by atoms with E-state index in [0.717, 1.165) is 10.4 Å². The summed E-state index contributed by atoms with van der Waals surface area (Å²) in [6.45, 7) is 9.00. The lowest BCUT2D eigenvalue weighted by atomic mass is 10.2. The van der Waals surface area contributed by atoms with Crippen molar-refractivity contribution in [3.05, 3.63) is 52.3 Å². The molecule has 1 aromatic carbocycles. The Kier molecular flexibility index (Phi) is 9.16. The van der Waals surface area contributed by atoms with Crippen LogP contribution in [-0.4, -0.2) is 21.0 Å². The molecule has 0 saturated carbocycles. The van der Waals surface area contributed by atoms with Gasteiger partial charge in [-0.1, -0.05) is 80.8 Å². The maximum atomic E-state index is 12.2. The van der Waals surface area contributed by atoms with E-state index >= 15 is 0 Å². The summed E-state index contributed by atoms with van der Waals surface area (Å²) in [6.07, 6.45) is 1.87. The van der Waals surface area contributed by atoms with Crippen LogP contribution in [0, 0.1) is 0 Å². The maximum absolute atomic E-state index is 12.2. The molecule has 0 spiro atoms. The minimum Gasteiger partial charge on any atom is -0.459 e. The second-order valence-corrected chi connectivity index (χ2v) is 18.8. The van der Waals surface area contributed by atoms with Gasteiger partial charge in [0.2, 0.25) is 0 Å². The number of benzene rings is 1. The molecule has 2 rings (SSSR count). The Morgan fingerprint density at radius 2 is 1.85 bits per heavy atom. The highest BCUT2D eigenvalue weighted by Gasteiger charge is 2.21. The molecule has 0 N–H and O–H groups in total. The number of thiazole rings is 1. The van der Waals surface area contributed by atoms with E-state index in [9.17, 15) is 4.79 Å². The minimum atomic E-state index is -2.02. The van der Waals surface area contributed by atoms with Gasteiger partial charge in [0.05, 0.1) is 0 Å². The van der Waals surface area contributed by atoms with Crippen molar-refractivity contribution in [3.63, 3.8) is 0 Å². The van der Waals surface area contributed by atoms with Gasteiger partial charge in [-0.05, 0) is 17.4 Å². The summed E-state index contributed by atoms with van der Waals surface area (Å²) in [5.41, 5.74) is 0.975. The van der Waals surface area contributed by atoms with Crippen molar-refractivity contribution in [3.8, 4) is 0 Å². The summed E-state index contributed by atoms with van der Waals surface area (Å²) in [5, 5.41) is 2.76. The van der Waals surface area contributed by atoms with Gasteiger partial charge in [0.15, 0.2) is 9.39 Å². The molecule has 0 fully saturated rings. The number of hydrogen-bond donors (Lipinski definition) is 0. The molecule has 0 aliphatic rings. The number of nitrogens with zero attached hydrogens (tertiary/aromatic N) is 2. The number of carbonyl (C=O) groups excluding carboxylic acids is 1. The Labute approximate surface area is 178 Å². The normalized spacial score (nSPS) is 12.7. The molecule has 0 unspecified atom stereocenters. The second-order valence-electron chi connectivity index (χ2n) is 6.34. The molecule has 0 amide bonds. The van der Waals surface area contributed by atoms with Gasteiger partial charge in [-0.15, -0.1) is 11.3 Å². The van der Waals surface area contributed by atoms with E-state index < -0.39 is 4.59 Å². The SMILES string of the molecule is CC(C)SP(=S)(/N=c1\sccn1CC(=O)OCc1ccccc1)SC(C)C. The van der Waals surface area contributed by atoms with E-state index in [1.54, 1.807) is 22.8 Å². The van der Waals surface area contributed by atoms with E-state index in [-0.39, 0.29) is 19.1 Å². The fraction of sp³-hybridized carbons (Fsp3) is 0.444. The first-order valence-corrected chi connectivity index (χ1v) is 15.2. The predicted octanol–water partition coefficient (Wildman–Crippen LogP) is 5.70. The third kappa shape index (κ3) is 8.16. The maximum Gasteiger partial charge on any atom is 0.326 e. The van der Waals surface area contributed by atoms with Gasteiger partial charge >= 0.3 is 5.97 Å². The zero-order valence-corrected chi connectivity index (χ0v) is 20.1. The zero-order chi connectivity index (χ0) is 19.9. The number of aromatic nitrogens is 1. The molecule has 9 heteroatoms. The van der Waals surface area contributed by atoms with Gasteiger partial charge in [0, 0.05) is 22.1 Å². The molecular weight excluding hydrogens is 435 g/mol. The standard InChI is InChI=1S/C18H25N2O2PS4/c1-14(2)26-23(24,27-15(3)4)19-18-20(10-11-25-18)12-17(21)22-13-16-8-6-5-7-9-16/h5-11,14-15H,12-13H2,1-4H3/b19-18-. The highest BCUT2D eigenvalue weighted by atomic mass is 33.2. The van der Waals surface area contributed by atoms with Crippen molar-refractivity contribution in [2.75, 3.05) is 0 Å². The molecule has 0 radical (unpaired) electrons. The molecule has 4 nitrogen and oxygen atoms in total. The van der Waals surface area contributed by atoms with Gasteiger partial charge < -0.3 is 9.30 Å². The summed E-state index contributed by atoms with van der Waals surface area (Å²) in [7, 11) is 0. The fourth-order valence-corrected chi connectivity index (χ4v) is 16.2. The van der Waals surface area contributed by atoms with Crippen molar-refractivity contribution in [2.24, 2.45) is 4.76 Å². The Morgan fingerprint density at radius 3 is 2.44 bits per heavy atom. The van der Waals surface area contributed by atoms with Crippen molar-refractivity contribution in [1.29, 1.82) is 0 Å². The van der Waals surface area contributed by atoms with Gasteiger partial charge in [-0.25, -0.2) is 4.76 Å². The van der Waals surface area contributed by atoms with Crippen LogP contribution in [0.15, 0.2) is 46.7 Å². The molecule has 0 aliphatic heterocycles. The van der Waals surface area contributed by atoms with E-state index in [4.69, 9.17) is 21.3 Å². The highest BCUT2D eigenvalue weighted by molar-refractivity contribution is 9.00. The molecule has 1 aromatic heterocycles. The average molecular weight is 461 g/mol. The van der Waals surface area contributed by atoms with Gasteiger partial charge in [-0.3, -0.25) is 4.79 Å². The smallest absolute Gasteiger partial charge is 0.326 e. The van der Waals surface area contributed by atoms with Crippen LogP contribution in [0.25, 0.3) is 0 Å². The molecule has 2 aromatic rings. The van der Waals surface area contributed by atoms with Crippen LogP contribution in [0.2, 0.25) is 0 Å². The van der Waals surface area contributed by atoms with E-state index in [1.165, 1.54) is 11.3 Å². The lowest BCUT2D eigenvalue weighted by Gasteiger charge is -2.20. The molecule has 0 atom stereocenters. The molecular formula is C18H25N2O2PS4. The van der Waals surface area contributed by atoms with Crippen LogP contribution in [0.1, 0.15) is 33.3 Å². The number of carbonyl (C=O) groups is 1. The average Bonchev–Trinajstić information content (AvgIpc) is 2.98. The van der Waals surface area contributed by atoms with Crippen LogP contribution < -0.4 is 4.80 Å². The number of esters is 1. The van der Waals surface area contributed by atoms with E-state index in [1.807, 2.05) is 46.5 Å². The molecule has 148 valence electrons. The van der Waals surface area contributed by atoms with Crippen LogP contribution in [0.3, 0.4) is 0 Å². The summed E-state index contributed by atoms with van der Waals surface area (Å²) >= 11 is 11.0. The van der Waals surface area contributed by atoms with Crippen LogP contribution >= 0.6 is 38.7 Å². The Hall–Kier alpha value is -0.530. The number of rotatable bonds is 9. The lowest BCUT2D eigenvalue weighted by Crippen LogP contribution is -2.21. The Balaban J connectivity index is 2.11. The Morgan fingerprint density at radius 1 is 1.22 bits per heavy atom. The van der Waals surface area contributed by atoms with Gasteiger partial charge in [0.1, 0.15) is 13.2 Å². The second kappa shape index (κ2) is 10.9. The Bertz CT molecular complexity index is 832. The summed E-state index contributed by atoms with van der Waals surface area (Å²) in [5.74, 6) is -0.278. The summed E-state index contributed by atoms with van der Waals surface area (Å²) in [4.78, 5) is 13.0. The topological polar surface area (TPSA) is 43.6 Å². The molecule has 1 heterocycles. The first-order valence-electron chi connectivity index (χ1n) is 8.64. The summed E-state index contributed by atoms with van der Waals surface area (Å²) < 4.78 is 10.1. The zero-order valence-electron chi connectivity index (χ0n) is 15.9. The predicted molar refractivity (Wildman–Crippen MR) is 124 cm³/mol. The molecule has 27 heavy (non-hydrogen) atoms. The van der Waals surface area contributed by atoms with Crippen molar-refractivity contribution >= 4 is 56.5 Å². The van der Waals surface area contributed by atoms with Crippen LogP contribution in [0.4, 0.5) is 0 Å². The largest absolute Gasteiger partial charge is 0.459 e. The first-order chi connectivity index (χ1) is 12.8. The van der Waals surface area contributed by atoms with Gasteiger partial charge in [0.25, 0.3) is 0 Å². The summed E-state index contributed by atoms with van der Waals surface area (Å²) in [6, 6.07) is 9.68. The van der Waals surface area contributed by atoms with Crippen molar-refractivity contribution < 1.29 is 9.53 Å². The third-order valence-electron chi connectivity index (χ3n) is 3.10. The highest BCUT2D eigenvalue weighted by Crippen LogP contribution is 2.72. The monoisotopic (exact) mass is 460 g/mol. The molecule has 0 aliphatic carbocycles. The van der Waals surface area contributed by atoms with Crippen LogP contribution in [-0.2, 0) is 34.5 Å². The first kappa shape index (κ1) is 22.8.